The molecule has 2 atom stereocenters. The number of hydrogen-bond acceptors (Lipinski definition) is 4. The Morgan fingerprint density at radius 2 is 1.58 bits per heavy atom. The van der Waals surface area contributed by atoms with Crippen molar-refractivity contribution in [3.63, 3.8) is 0 Å². The number of esters is 1. The quantitative estimate of drug-likeness (QED) is 0.411. The summed E-state index contributed by atoms with van der Waals surface area (Å²) in [6, 6.07) is 11.0. The predicted octanol–water partition coefficient (Wildman–Crippen LogP) is 6.06. The smallest absolute Gasteiger partial charge is 0.416 e. The van der Waals surface area contributed by atoms with Crippen LogP contribution in [0.5, 0.6) is 0 Å². The molecule has 0 saturated carbocycles. The first-order chi connectivity index (χ1) is 17.0. The van der Waals surface area contributed by atoms with Gasteiger partial charge in [0.2, 0.25) is 0 Å². The highest BCUT2D eigenvalue weighted by molar-refractivity contribution is 6.31. The molecule has 2 unspecified atom stereocenters. The Morgan fingerprint density at radius 3 is 2.17 bits per heavy atom. The van der Waals surface area contributed by atoms with Crippen LogP contribution in [0.4, 0.5) is 18.9 Å². The number of fused-ring (bicyclic) bond motifs is 1. The lowest BCUT2D eigenvalue weighted by Gasteiger charge is -2.35. The van der Waals surface area contributed by atoms with E-state index in [1.807, 2.05) is 0 Å². The van der Waals surface area contributed by atoms with Crippen LogP contribution in [-0.2, 0) is 20.5 Å². The number of ether oxygens (including phenoxy) is 1. The molecule has 3 aromatic rings. The minimum atomic E-state index is -4.61. The molecule has 0 spiro atoms. The number of halogens is 5. The molecule has 0 radical (unpaired) electrons. The fourth-order valence-corrected chi connectivity index (χ4v) is 4.29. The van der Waals surface area contributed by atoms with Gasteiger partial charge in [0.05, 0.1) is 23.9 Å². The minimum Gasteiger partial charge on any atom is -0.467 e. The van der Waals surface area contributed by atoms with E-state index in [0.717, 1.165) is 36.3 Å². The second-order valence-corrected chi connectivity index (χ2v) is 8.76. The number of alkyl halides is 3. The molecular formula is C25H17Cl2F3N2O4. The van der Waals surface area contributed by atoms with Crippen molar-refractivity contribution in [3.8, 4) is 0 Å². The van der Waals surface area contributed by atoms with Crippen LogP contribution < -0.4 is 5.32 Å². The molecule has 0 saturated heterocycles. The lowest BCUT2D eigenvalue weighted by Crippen LogP contribution is -2.44. The number of benzene rings is 3. The van der Waals surface area contributed by atoms with Crippen LogP contribution in [0.3, 0.4) is 0 Å². The van der Waals surface area contributed by atoms with Crippen molar-refractivity contribution in [2.45, 2.75) is 18.3 Å². The Hall–Kier alpha value is -3.56. The first-order valence-electron chi connectivity index (χ1n) is 10.4. The molecule has 2 amide bonds. The van der Waals surface area contributed by atoms with Crippen molar-refractivity contribution in [2.75, 3.05) is 12.4 Å². The highest BCUT2D eigenvalue weighted by atomic mass is 35.5. The summed E-state index contributed by atoms with van der Waals surface area (Å²) in [6.07, 6.45) is -4.61. The number of methoxy groups -OCH3 is 1. The molecule has 36 heavy (non-hydrogen) atoms. The number of carbonyl (C=O) groups excluding carboxylic acids is 3. The van der Waals surface area contributed by atoms with Crippen molar-refractivity contribution in [3.05, 3.63) is 99.0 Å². The first-order valence-corrected chi connectivity index (χ1v) is 11.2. The van der Waals surface area contributed by atoms with E-state index in [9.17, 15) is 27.6 Å². The number of rotatable bonds is 4. The summed E-state index contributed by atoms with van der Waals surface area (Å²) in [5, 5.41) is 3.21. The molecule has 3 aromatic carbocycles. The van der Waals surface area contributed by atoms with Crippen molar-refractivity contribution in [1.29, 1.82) is 0 Å². The summed E-state index contributed by atoms with van der Waals surface area (Å²) < 4.78 is 44.5. The number of nitrogens with one attached hydrogen (secondary N) is 1. The first kappa shape index (κ1) is 25.5. The summed E-state index contributed by atoms with van der Waals surface area (Å²) in [4.78, 5) is 41.4. The SMILES string of the molecule is COC(=O)C(c1ccc(Cl)cc1)N1C(=O)c2ccc(Cl)cc2NC(=O)C1c1ccc(C(F)(F)F)cc1. The minimum absolute atomic E-state index is 0.0324. The van der Waals surface area contributed by atoms with E-state index in [1.54, 1.807) is 0 Å². The van der Waals surface area contributed by atoms with E-state index >= 15 is 0 Å². The Labute approximate surface area is 213 Å². The molecule has 4 rings (SSSR count). The van der Waals surface area contributed by atoms with Gasteiger partial charge in [0.15, 0.2) is 6.04 Å². The molecule has 0 aromatic heterocycles. The molecule has 6 nitrogen and oxygen atoms in total. The van der Waals surface area contributed by atoms with Gasteiger partial charge in [-0.2, -0.15) is 13.2 Å². The lowest BCUT2D eigenvalue weighted by atomic mass is 9.97. The van der Waals surface area contributed by atoms with Crippen molar-refractivity contribution in [2.24, 2.45) is 0 Å². The largest absolute Gasteiger partial charge is 0.467 e. The van der Waals surface area contributed by atoms with Gasteiger partial charge in [-0.25, -0.2) is 4.79 Å². The van der Waals surface area contributed by atoms with E-state index in [0.29, 0.717) is 5.02 Å². The van der Waals surface area contributed by atoms with Crippen LogP contribution in [-0.4, -0.2) is 29.8 Å². The monoisotopic (exact) mass is 536 g/mol. The summed E-state index contributed by atoms with van der Waals surface area (Å²) in [5.41, 5.74) is -0.477. The van der Waals surface area contributed by atoms with E-state index in [1.165, 1.54) is 42.5 Å². The van der Waals surface area contributed by atoms with Crippen molar-refractivity contribution < 1.29 is 32.3 Å². The van der Waals surface area contributed by atoms with Gasteiger partial charge in [-0.15, -0.1) is 0 Å². The van der Waals surface area contributed by atoms with E-state index in [4.69, 9.17) is 27.9 Å². The van der Waals surface area contributed by atoms with E-state index in [2.05, 4.69) is 5.32 Å². The summed E-state index contributed by atoms with van der Waals surface area (Å²) in [6.45, 7) is 0. The van der Waals surface area contributed by atoms with Gasteiger partial charge in [0, 0.05) is 10.0 Å². The second kappa shape index (κ2) is 9.83. The third-order valence-electron chi connectivity index (χ3n) is 5.67. The zero-order valence-electron chi connectivity index (χ0n) is 18.5. The number of anilines is 1. The maximum atomic E-state index is 13.9. The Kier molecular flexibility index (Phi) is 6.97. The third kappa shape index (κ3) is 4.89. The van der Waals surface area contributed by atoms with Gasteiger partial charge in [-0.3, -0.25) is 9.59 Å². The highest BCUT2D eigenvalue weighted by Crippen LogP contribution is 2.40. The Morgan fingerprint density at radius 1 is 0.972 bits per heavy atom. The number of nitrogens with zero attached hydrogens (tertiary/aromatic N) is 1. The summed E-state index contributed by atoms with van der Waals surface area (Å²) >= 11 is 12.0. The summed E-state index contributed by atoms with van der Waals surface area (Å²) in [5.74, 6) is -2.37. The van der Waals surface area contributed by atoms with E-state index < -0.39 is 41.6 Å². The predicted molar refractivity (Wildman–Crippen MR) is 127 cm³/mol. The van der Waals surface area contributed by atoms with Gasteiger partial charge in [-0.1, -0.05) is 47.5 Å². The average Bonchev–Trinajstić information content (AvgIpc) is 2.93. The summed E-state index contributed by atoms with van der Waals surface area (Å²) in [7, 11) is 1.12. The fourth-order valence-electron chi connectivity index (χ4n) is 3.99. The van der Waals surface area contributed by atoms with Crippen LogP contribution in [0.2, 0.25) is 10.0 Å². The van der Waals surface area contributed by atoms with Crippen LogP contribution in [0.25, 0.3) is 0 Å². The maximum Gasteiger partial charge on any atom is 0.416 e. The van der Waals surface area contributed by atoms with Crippen LogP contribution >= 0.6 is 23.2 Å². The van der Waals surface area contributed by atoms with Crippen molar-refractivity contribution in [1.82, 2.24) is 4.90 Å². The standard InChI is InChI=1S/C25H17Cl2F3N2O4/c1-36-24(35)21(14-4-8-16(26)9-5-14)32-20(13-2-6-15(7-3-13)25(28,29)30)22(33)31-19-12-17(27)10-11-18(19)23(32)34/h2-12,20-21H,1H3,(H,31,33). The number of amides is 2. The zero-order chi connectivity index (χ0) is 26.2. The topological polar surface area (TPSA) is 75.7 Å². The molecule has 1 aliphatic heterocycles. The van der Waals surface area contributed by atoms with E-state index in [-0.39, 0.29) is 27.4 Å². The zero-order valence-corrected chi connectivity index (χ0v) is 20.0. The molecule has 186 valence electrons. The van der Waals surface area contributed by atoms with Crippen molar-refractivity contribution >= 4 is 46.7 Å². The van der Waals surface area contributed by atoms with Gasteiger partial charge in [0.25, 0.3) is 11.8 Å². The number of hydrogen-bond donors (Lipinski definition) is 1. The third-order valence-corrected chi connectivity index (χ3v) is 6.16. The second-order valence-electron chi connectivity index (χ2n) is 7.89. The molecule has 0 bridgehead atoms. The molecule has 1 N–H and O–H groups in total. The lowest BCUT2D eigenvalue weighted by molar-refractivity contribution is -0.147. The molecule has 11 heteroatoms. The molecule has 0 fully saturated rings. The van der Waals surface area contributed by atoms with Crippen LogP contribution in [0, 0.1) is 0 Å². The Bertz CT molecular complexity index is 1330. The Balaban J connectivity index is 1.94. The average molecular weight is 537 g/mol. The molecule has 1 aliphatic rings. The fraction of sp³-hybridized carbons (Fsp3) is 0.160. The van der Waals surface area contributed by atoms with Crippen LogP contribution in [0.1, 0.15) is 39.1 Å². The van der Waals surface area contributed by atoms with Gasteiger partial charge in [0.1, 0.15) is 6.04 Å². The normalized spacial score (nSPS) is 16.6. The van der Waals surface area contributed by atoms with Gasteiger partial charge < -0.3 is 15.0 Å². The van der Waals surface area contributed by atoms with Gasteiger partial charge in [-0.05, 0) is 53.6 Å². The number of carbonyl (C=O) groups is 3. The maximum absolute atomic E-state index is 13.9. The molecule has 0 aliphatic carbocycles. The highest BCUT2D eigenvalue weighted by Gasteiger charge is 2.44. The molecular weight excluding hydrogens is 520 g/mol. The molecule has 1 heterocycles. The van der Waals surface area contributed by atoms with Gasteiger partial charge >= 0.3 is 12.1 Å². The van der Waals surface area contributed by atoms with Crippen LogP contribution in [0.15, 0.2) is 66.7 Å².